The Hall–Kier alpha value is -2.08. The fourth-order valence-electron chi connectivity index (χ4n) is 3.18. The first kappa shape index (κ1) is 14.5. The summed E-state index contributed by atoms with van der Waals surface area (Å²) < 4.78 is 15.1. The van der Waals surface area contributed by atoms with E-state index in [1.54, 1.807) is 29.5 Å². The number of hydrogen-bond acceptors (Lipinski definition) is 4. The minimum atomic E-state index is -0.331. The van der Waals surface area contributed by atoms with Crippen LogP contribution in [0.15, 0.2) is 29.1 Å². The van der Waals surface area contributed by atoms with Crippen molar-refractivity contribution < 1.29 is 4.39 Å². The van der Waals surface area contributed by atoms with Gasteiger partial charge in [-0.15, -0.1) is 16.4 Å². The van der Waals surface area contributed by atoms with E-state index in [4.69, 9.17) is 0 Å². The summed E-state index contributed by atoms with van der Waals surface area (Å²) in [6.45, 7) is 2.34. The molecule has 4 rings (SSSR count). The Morgan fingerprint density at radius 3 is 3.04 bits per heavy atom. The second-order valence-corrected chi connectivity index (χ2v) is 7.26. The highest BCUT2D eigenvalue weighted by Crippen LogP contribution is 2.35. The molecule has 0 amide bonds. The summed E-state index contributed by atoms with van der Waals surface area (Å²) >= 11 is 1.57. The maximum atomic E-state index is 13.8. The van der Waals surface area contributed by atoms with E-state index in [9.17, 15) is 9.18 Å². The van der Waals surface area contributed by atoms with Gasteiger partial charge in [-0.1, -0.05) is 30.3 Å². The van der Waals surface area contributed by atoms with Crippen LogP contribution in [0.4, 0.5) is 4.39 Å². The number of rotatable bonds is 2. The van der Waals surface area contributed by atoms with Crippen molar-refractivity contribution in [2.75, 3.05) is 0 Å². The average molecular weight is 329 g/mol. The molecule has 1 aliphatic rings. The molecule has 0 saturated heterocycles. The minimum Gasteiger partial charge on any atom is -0.267 e. The maximum Gasteiger partial charge on any atom is 0.279 e. The zero-order valence-corrected chi connectivity index (χ0v) is 13.6. The van der Waals surface area contributed by atoms with E-state index in [1.165, 1.54) is 15.6 Å². The van der Waals surface area contributed by atoms with Gasteiger partial charge in [0.05, 0.1) is 11.9 Å². The Kier molecular flexibility index (Phi) is 3.49. The molecule has 6 heteroatoms. The highest BCUT2D eigenvalue weighted by Gasteiger charge is 2.23. The second kappa shape index (κ2) is 5.53. The summed E-state index contributed by atoms with van der Waals surface area (Å²) in [5.41, 5.74) is 1.41. The van der Waals surface area contributed by atoms with Gasteiger partial charge < -0.3 is 0 Å². The average Bonchev–Trinajstić information content (AvgIpc) is 2.90. The topological polar surface area (TPSA) is 47.8 Å². The quantitative estimate of drug-likeness (QED) is 0.725. The Bertz CT molecular complexity index is 947. The molecule has 0 fully saturated rings. The number of benzene rings is 1. The molecule has 1 atom stereocenters. The third-order valence-electron chi connectivity index (χ3n) is 4.46. The summed E-state index contributed by atoms with van der Waals surface area (Å²) in [6, 6.07) is 6.44. The van der Waals surface area contributed by atoms with E-state index in [1.807, 2.05) is 0 Å². The summed E-state index contributed by atoms with van der Waals surface area (Å²) in [4.78, 5) is 14.8. The van der Waals surface area contributed by atoms with Crippen LogP contribution in [0, 0.1) is 11.7 Å². The van der Waals surface area contributed by atoms with Crippen molar-refractivity contribution in [3.8, 4) is 0 Å². The first-order valence-electron chi connectivity index (χ1n) is 7.75. The van der Waals surface area contributed by atoms with E-state index in [2.05, 4.69) is 17.2 Å². The van der Waals surface area contributed by atoms with Gasteiger partial charge in [0.2, 0.25) is 0 Å². The molecule has 2 heterocycles. The van der Waals surface area contributed by atoms with Gasteiger partial charge in [-0.3, -0.25) is 4.79 Å². The zero-order chi connectivity index (χ0) is 16.0. The van der Waals surface area contributed by atoms with E-state index < -0.39 is 0 Å². The number of fused-ring (bicyclic) bond motifs is 3. The van der Waals surface area contributed by atoms with Crippen molar-refractivity contribution in [2.24, 2.45) is 5.92 Å². The largest absolute Gasteiger partial charge is 0.279 e. The van der Waals surface area contributed by atoms with E-state index in [-0.39, 0.29) is 17.9 Å². The summed E-state index contributed by atoms with van der Waals surface area (Å²) in [5, 5.41) is 8.89. The normalized spacial score (nSPS) is 17.4. The predicted molar refractivity (Wildman–Crippen MR) is 88.4 cm³/mol. The molecule has 0 saturated carbocycles. The van der Waals surface area contributed by atoms with Crippen LogP contribution < -0.4 is 5.56 Å². The summed E-state index contributed by atoms with van der Waals surface area (Å²) in [5.74, 6) is 0.312. The number of halogens is 1. The summed E-state index contributed by atoms with van der Waals surface area (Å²) in [6.07, 6.45) is 3.01. The van der Waals surface area contributed by atoms with Gasteiger partial charge in [0.25, 0.3) is 5.56 Å². The van der Waals surface area contributed by atoms with Crippen LogP contribution in [-0.4, -0.2) is 15.0 Å². The Balaban J connectivity index is 1.82. The van der Waals surface area contributed by atoms with Crippen molar-refractivity contribution in [3.05, 3.63) is 56.4 Å². The lowest BCUT2D eigenvalue weighted by Crippen LogP contribution is -2.25. The summed E-state index contributed by atoms with van der Waals surface area (Å²) in [7, 11) is 0. The van der Waals surface area contributed by atoms with E-state index in [0.717, 1.165) is 24.8 Å². The number of hydrogen-bond donors (Lipinski definition) is 0. The maximum absolute atomic E-state index is 13.8. The Labute approximate surface area is 136 Å². The fraction of sp³-hybridized carbons (Fsp3) is 0.353. The van der Waals surface area contributed by atoms with Crippen molar-refractivity contribution in [3.63, 3.8) is 0 Å². The Morgan fingerprint density at radius 1 is 1.39 bits per heavy atom. The van der Waals surface area contributed by atoms with Crippen LogP contribution in [0.1, 0.15) is 29.3 Å². The molecule has 0 aliphatic heterocycles. The lowest BCUT2D eigenvalue weighted by molar-refractivity contribution is 0.508. The number of nitrogens with zero attached hydrogens (tertiary/aromatic N) is 3. The molecule has 0 radical (unpaired) electrons. The van der Waals surface area contributed by atoms with Crippen LogP contribution in [0.5, 0.6) is 0 Å². The lowest BCUT2D eigenvalue weighted by Gasteiger charge is -2.17. The van der Waals surface area contributed by atoms with Crippen molar-refractivity contribution in [1.82, 2.24) is 15.0 Å². The van der Waals surface area contributed by atoms with Crippen LogP contribution in [0.3, 0.4) is 0 Å². The lowest BCUT2D eigenvalue weighted by atomic mass is 9.89. The molecule has 1 aliphatic carbocycles. The molecule has 118 valence electrons. The first-order chi connectivity index (χ1) is 11.1. The number of thiophene rings is 1. The van der Waals surface area contributed by atoms with Crippen LogP contribution in [0.25, 0.3) is 10.2 Å². The van der Waals surface area contributed by atoms with E-state index >= 15 is 0 Å². The third kappa shape index (κ3) is 2.47. The van der Waals surface area contributed by atoms with E-state index in [0.29, 0.717) is 21.7 Å². The number of aromatic nitrogens is 3. The molecule has 2 aromatic heterocycles. The van der Waals surface area contributed by atoms with Gasteiger partial charge in [0, 0.05) is 10.4 Å². The van der Waals surface area contributed by atoms with Crippen molar-refractivity contribution in [2.45, 2.75) is 32.7 Å². The molecular weight excluding hydrogens is 313 g/mol. The minimum absolute atomic E-state index is 0.107. The molecule has 0 spiro atoms. The van der Waals surface area contributed by atoms with Crippen LogP contribution in [-0.2, 0) is 19.4 Å². The molecule has 0 N–H and O–H groups in total. The standard InChI is InChI=1S/C17H16FN3OS/c1-10-6-7-12-14(8-10)23-16-15(12)17(22)21(20-19-16)9-11-4-2-3-5-13(11)18/h2-5,10H,6-9H2,1H3/t10-/m1/s1. The van der Waals surface area contributed by atoms with Gasteiger partial charge in [-0.2, -0.15) is 0 Å². The van der Waals surface area contributed by atoms with Crippen LogP contribution >= 0.6 is 11.3 Å². The van der Waals surface area contributed by atoms with Gasteiger partial charge in [-0.25, -0.2) is 9.07 Å². The zero-order valence-electron chi connectivity index (χ0n) is 12.8. The van der Waals surface area contributed by atoms with Crippen LogP contribution in [0.2, 0.25) is 0 Å². The number of aryl methyl sites for hydroxylation is 1. The van der Waals surface area contributed by atoms with Gasteiger partial charge in [-0.05, 0) is 36.8 Å². The highest BCUT2D eigenvalue weighted by molar-refractivity contribution is 7.18. The first-order valence-corrected chi connectivity index (χ1v) is 8.56. The third-order valence-corrected chi connectivity index (χ3v) is 5.60. The second-order valence-electron chi connectivity index (χ2n) is 6.18. The monoisotopic (exact) mass is 329 g/mol. The Morgan fingerprint density at radius 2 is 2.22 bits per heavy atom. The smallest absolute Gasteiger partial charge is 0.267 e. The fourth-order valence-corrected chi connectivity index (χ4v) is 4.50. The predicted octanol–water partition coefficient (Wildman–Crippen LogP) is 3.17. The van der Waals surface area contributed by atoms with Gasteiger partial charge >= 0.3 is 0 Å². The molecule has 23 heavy (non-hydrogen) atoms. The van der Waals surface area contributed by atoms with Crippen molar-refractivity contribution in [1.29, 1.82) is 0 Å². The molecular formula is C17H16FN3OS. The highest BCUT2D eigenvalue weighted by atomic mass is 32.1. The molecule has 4 nitrogen and oxygen atoms in total. The molecule has 0 unspecified atom stereocenters. The molecule has 3 aromatic rings. The van der Waals surface area contributed by atoms with Gasteiger partial charge in [0.1, 0.15) is 5.82 Å². The van der Waals surface area contributed by atoms with Gasteiger partial charge in [0.15, 0.2) is 4.83 Å². The molecule has 0 bridgehead atoms. The SMILES string of the molecule is C[C@@H]1CCc2c(sc3nnn(Cc4ccccc4F)c(=O)c23)C1. The molecule has 1 aromatic carbocycles. The van der Waals surface area contributed by atoms with Crippen molar-refractivity contribution >= 4 is 21.6 Å².